The molecule has 0 aromatic rings. The van der Waals surface area contributed by atoms with Crippen LogP contribution in [0.3, 0.4) is 0 Å². The summed E-state index contributed by atoms with van der Waals surface area (Å²) in [5, 5.41) is 2.74. The van der Waals surface area contributed by atoms with Crippen LogP contribution in [0, 0.1) is 5.92 Å². The van der Waals surface area contributed by atoms with E-state index in [1.54, 1.807) is 0 Å². The Morgan fingerprint density at radius 1 is 1.10 bits per heavy atom. The average molecular weight is 289 g/mol. The minimum atomic E-state index is 0.0674. The maximum Gasteiger partial charge on any atom is 0.219 e. The zero-order valence-electron chi connectivity index (χ0n) is 13.4. The molecule has 0 atom stereocenters. The lowest BCUT2D eigenvalue weighted by Gasteiger charge is -2.06. The lowest BCUT2D eigenvalue weighted by molar-refractivity contribution is -0.121. The molecule has 0 saturated heterocycles. The predicted octanol–water partition coefficient (Wildman–Crippen LogP) is 2.19. The van der Waals surface area contributed by atoms with Gasteiger partial charge in [-0.15, -0.1) is 0 Å². The van der Waals surface area contributed by atoms with Gasteiger partial charge in [-0.3, -0.25) is 4.79 Å². The van der Waals surface area contributed by atoms with E-state index in [1.807, 2.05) is 20.8 Å². The topological polar surface area (TPSA) is 64.6 Å². The molecule has 0 radical (unpaired) electrons. The third-order valence-corrected chi connectivity index (χ3v) is 2.18. The van der Waals surface area contributed by atoms with Gasteiger partial charge in [-0.05, 0) is 6.42 Å². The summed E-state index contributed by atoms with van der Waals surface area (Å²) < 4.78 is 10.6. The number of hydrogen-bond donors (Lipinski definition) is 1. The van der Waals surface area contributed by atoms with Crippen molar-refractivity contribution in [2.75, 3.05) is 33.0 Å². The molecule has 0 heterocycles. The van der Waals surface area contributed by atoms with Gasteiger partial charge in [0.2, 0.25) is 5.91 Å². The molecule has 0 aliphatic carbocycles. The average Bonchev–Trinajstić information content (AvgIpc) is 2.45. The number of carbonyl (C=O) groups is 2. The first-order valence-corrected chi connectivity index (χ1v) is 7.45. The molecule has 120 valence electrons. The smallest absolute Gasteiger partial charge is 0.219 e. The molecule has 0 aliphatic rings. The highest BCUT2D eigenvalue weighted by Crippen LogP contribution is 1.87. The van der Waals surface area contributed by atoms with Gasteiger partial charge in [-0.1, -0.05) is 34.1 Å². The molecule has 0 aliphatic heterocycles. The number of rotatable bonds is 11. The molecule has 0 aromatic carbocycles. The Morgan fingerprint density at radius 3 is 2.10 bits per heavy atom. The van der Waals surface area contributed by atoms with Crippen molar-refractivity contribution in [1.29, 1.82) is 0 Å². The van der Waals surface area contributed by atoms with Crippen molar-refractivity contribution in [2.24, 2.45) is 5.92 Å². The summed E-state index contributed by atoms with van der Waals surface area (Å²) in [6.07, 6.45) is 3.70. The lowest BCUT2D eigenvalue weighted by Crippen LogP contribution is -2.26. The van der Waals surface area contributed by atoms with Gasteiger partial charge < -0.3 is 19.6 Å². The maximum atomic E-state index is 10.8. The molecule has 0 saturated carbocycles. The van der Waals surface area contributed by atoms with Gasteiger partial charge in [0.25, 0.3) is 0 Å². The second kappa shape index (κ2) is 18.1. The maximum absolute atomic E-state index is 10.8. The lowest BCUT2D eigenvalue weighted by atomic mass is 10.3. The van der Waals surface area contributed by atoms with Crippen molar-refractivity contribution >= 4 is 12.2 Å². The Morgan fingerprint density at radius 2 is 1.65 bits per heavy atom. The standard InChI is InChI=1S/C11H23NO3.C4H8O/c1-3-5-7-14-9-10-15-8-6-12-11(13)4-2;1-4(2)3-5/h3-10H2,1-2H3,(H,12,13);3-4H,1-2H3. The van der Waals surface area contributed by atoms with Crippen molar-refractivity contribution in [3.8, 4) is 0 Å². The highest BCUT2D eigenvalue weighted by molar-refractivity contribution is 5.75. The normalized spacial score (nSPS) is 9.85. The van der Waals surface area contributed by atoms with Crippen LogP contribution >= 0.6 is 0 Å². The molecular formula is C15H31NO4. The van der Waals surface area contributed by atoms with Crippen molar-refractivity contribution < 1.29 is 19.1 Å². The number of carbonyl (C=O) groups excluding carboxylic acids is 2. The number of hydrogen-bond acceptors (Lipinski definition) is 4. The Bertz CT molecular complexity index is 220. The molecule has 0 spiro atoms. The van der Waals surface area contributed by atoms with E-state index in [1.165, 1.54) is 0 Å². The molecule has 1 amide bonds. The van der Waals surface area contributed by atoms with Gasteiger partial charge in [0.15, 0.2) is 0 Å². The fourth-order valence-corrected chi connectivity index (χ4v) is 0.956. The van der Waals surface area contributed by atoms with Gasteiger partial charge in [-0.25, -0.2) is 0 Å². The van der Waals surface area contributed by atoms with E-state index in [-0.39, 0.29) is 11.8 Å². The Balaban J connectivity index is 0. The van der Waals surface area contributed by atoms with Crippen LogP contribution in [0.4, 0.5) is 0 Å². The molecule has 0 aromatic heterocycles. The van der Waals surface area contributed by atoms with E-state index >= 15 is 0 Å². The van der Waals surface area contributed by atoms with E-state index in [4.69, 9.17) is 9.47 Å². The summed E-state index contributed by atoms with van der Waals surface area (Å²) in [5.74, 6) is 0.271. The molecule has 20 heavy (non-hydrogen) atoms. The van der Waals surface area contributed by atoms with Crippen LogP contribution in [0.1, 0.15) is 47.0 Å². The first kappa shape index (κ1) is 21.4. The van der Waals surface area contributed by atoms with Crippen LogP contribution in [0.15, 0.2) is 0 Å². The van der Waals surface area contributed by atoms with Gasteiger partial charge in [-0.2, -0.15) is 0 Å². The number of ether oxygens (including phenoxy) is 2. The number of amides is 1. The molecule has 5 heteroatoms. The van der Waals surface area contributed by atoms with E-state index in [0.717, 1.165) is 25.7 Å². The number of nitrogens with one attached hydrogen (secondary N) is 1. The Kier molecular flexibility index (Phi) is 19.3. The first-order chi connectivity index (χ1) is 9.58. The largest absolute Gasteiger partial charge is 0.379 e. The van der Waals surface area contributed by atoms with Crippen LogP contribution < -0.4 is 5.32 Å². The van der Waals surface area contributed by atoms with Crippen LogP contribution in [0.5, 0.6) is 0 Å². The molecule has 0 rings (SSSR count). The zero-order chi connectivity index (χ0) is 15.6. The summed E-state index contributed by atoms with van der Waals surface area (Å²) >= 11 is 0. The molecule has 0 bridgehead atoms. The fourth-order valence-electron chi connectivity index (χ4n) is 0.956. The van der Waals surface area contributed by atoms with E-state index in [9.17, 15) is 9.59 Å². The summed E-state index contributed by atoms with van der Waals surface area (Å²) in [4.78, 5) is 20.3. The third kappa shape index (κ3) is 22.3. The summed E-state index contributed by atoms with van der Waals surface area (Å²) in [7, 11) is 0. The van der Waals surface area contributed by atoms with Crippen LogP contribution in [0.25, 0.3) is 0 Å². The first-order valence-electron chi connectivity index (χ1n) is 7.45. The molecule has 0 unspecified atom stereocenters. The van der Waals surface area contributed by atoms with Crippen molar-refractivity contribution in [2.45, 2.75) is 47.0 Å². The van der Waals surface area contributed by atoms with E-state index in [2.05, 4.69) is 12.2 Å². The fraction of sp³-hybridized carbons (Fsp3) is 0.867. The highest BCUT2D eigenvalue weighted by atomic mass is 16.5. The quantitative estimate of drug-likeness (QED) is 0.468. The summed E-state index contributed by atoms with van der Waals surface area (Å²) in [6, 6.07) is 0. The highest BCUT2D eigenvalue weighted by Gasteiger charge is 1.94. The Hall–Kier alpha value is -0.940. The van der Waals surface area contributed by atoms with Crippen LogP contribution in [-0.4, -0.2) is 45.2 Å². The molecular weight excluding hydrogens is 258 g/mol. The van der Waals surface area contributed by atoms with Gasteiger partial charge in [0.1, 0.15) is 6.29 Å². The summed E-state index contributed by atoms with van der Waals surface area (Å²) in [5.41, 5.74) is 0. The zero-order valence-corrected chi connectivity index (χ0v) is 13.4. The minimum Gasteiger partial charge on any atom is -0.379 e. The third-order valence-electron chi connectivity index (χ3n) is 2.18. The van der Waals surface area contributed by atoms with Crippen LogP contribution in [0.2, 0.25) is 0 Å². The van der Waals surface area contributed by atoms with E-state index < -0.39 is 0 Å². The summed E-state index contributed by atoms with van der Waals surface area (Å²) in [6.45, 7) is 10.9. The van der Waals surface area contributed by atoms with Crippen molar-refractivity contribution in [3.05, 3.63) is 0 Å². The van der Waals surface area contributed by atoms with Gasteiger partial charge in [0.05, 0.1) is 19.8 Å². The monoisotopic (exact) mass is 289 g/mol. The van der Waals surface area contributed by atoms with Gasteiger partial charge in [0, 0.05) is 25.5 Å². The van der Waals surface area contributed by atoms with Crippen molar-refractivity contribution in [3.63, 3.8) is 0 Å². The second-order valence-corrected chi connectivity index (χ2v) is 4.66. The molecule has 1 N–H and O–H groups in total. The van der Waals surface area contributed by atoms with Gasteiger partial charge >= 0.3 is 0 Å². The molecule has 5 nitrogen and oxygen atoms in total. The molecule has 0 fully saturated rings. The van der Waals surface area contributed by atoms with E-state index in [0.29, 0.717) is 32.8 Å². The number of unbranched alkanes of at least 4 members (excludes halogenated alkanes) is 1. The Labute approximate surface area is 123 Å². The minimum absolute atomic E-state index is 0.0674. The number of aldehydes is 1. The van der Waals surface area contributed by atoms with Crippen molar-refractivity contribution in [1.82, 2.24) is 5.32 Å². The predicted molar refractivity (Wildman–Crippen MR) is 80.7 cm³/mol. The SMILES string of the molecule is CC(C)C=O.CCCCOCCOCCNC(=O)CC. The second-order valence-electron chi connectivity index (χ2n) is 4.66. The van der Waals surface area contributed by atoms with Crippen LogP contribution in [-0.2, 0) is 19.1 Å².